The number of amides is 1. The molecule has 0 aromatic heterocycles. The Morgan fingerprint density at radius 1 is 1.33 bits per heavy atom. The van der Waals surface area contributed by atoms with Crippen molar-refractivity contribution in [2.75, 3.05) is 36.5 Å². The number of nitrogens with zero attached hydrogens (tertiary/aromatic N) is 1. The molecule has 0 saturated carbocycles. The summed E-state index contributed by atoms with van der Waals surface area (Å²) in [5, 5.41) is 2.62. The minimum atomic E-state index is -0.601. The van der Waals surface area contributed by atoms with Crippen LogP contribution in [0.15, 0.2) is 18.2 Å². The van der Waals surface area contributed by atoms with E-state index < -0.39 is 17.5 Å². The van der Waals surface area contributed by atoms with Crippen molar-refractivity contribution in [3.05, 3.63) is 24.0 Å². The van der Waals surface area contributed by atoms with Gasteiger partial charge in [0.1, 0.15) is 11.4 Å². The van der Waals surface area contributed by atoms with Crippen LogP contribution in [0.5, 0.6) is 0 Å². The minimum Gasteiger partial charge on any atom is -0.444 e. The molecular formula is C15H21FN2O3. The second kappa shape index (κ2) is 6.30. The fourth-order valence-corrected chi connectivity index (χ4v) is 2.10. The molecule has 1 saturated heterocycles. The van der Waals surface area contributed by atoms with Crippen LogP contribution in [0.4, 0.5) is 20.6 Å². The number of benzene rings is 1. The fraction of sp³-hybridized carbons (Fsp3) is 0.533. The number of anilines is 2. The molecule has 21 heavy (non-hydrogen) atoms. The first kappa shape index (κ1) is 15.6. The summed E-state index contributed by atoms with van der Waals surface area (Å²) in [5.41, 5.74) is 0.577. The van der Waals surface area contributed by atoms with Gasteiger partial charge in [-0.05, 0) is 39.0 Å². The number of nitrogens with one attached hydrogen (secondary N) is 1. The molecule has 0 radical (unpaired) electrons. The Labute approximate surface area is 124 Å². The van der Waals surface area contributed by atoms with Crippen molar-refractivity contribution in [3.63, 3.8) is 0 Å². The lowest BCUT2D eigenvalue weighted by Crippen LogP contribution is -2.37. The predicted molar refractivity (Wildman–Crippen MR) is 79.3 cm³/mol. The van der Waals surface area contributed by atoms with E-state index in [4.69, 9.17) is 9.47 Å². The molecule has 1 N–H and O–H groups in total. The first-order chi connectivity index (χ1) is 9.85. The Kier molecular flexibility index (Phi) is 4.67. The van der Waals surface area contributed by atoms with Gasteiger partial charge in [-0.15, -0.1) is 0 Å². The Morgan fingerprint density at radius 2 is 2.00 bits per heavy atom. The van der Waals surface area contributed by atoms with E-state index in [2.05, 4.69) is 10.2 Å². The highest BCUT2D eigenvalue weighted by molar-refractivity contribution is 5.90. The van der Waals surface area contributed by atoms with Crippen LogP contribution in [0.25, 0.3) is 0 Å². The van der Waals surface area contributed by atoms with Crippen molar-refractivity contribution in [1.82, 2.24) is 0 Å². The van der Waals surface area contributed by atoms with E-state index in [1.54, 1.807) is 26.8 Å². The van der Waals surface area contributed by atoms with Gasteiger partial charge in [-0.3, -0.25) is 5.32 Å². The molecule has 5 nitrogen and oxygen atoms in total. The van der Waals surface area contributed by atoms with Gasteiger partial charge in [0.25, 0.3) is 0 Å². The zero-order valence-electron chi connectivity index (χ0n) is 12.6. The molecule has 2 rings (SSSR count). The molecular weight excluding hydrogens is 275 g/mol. The van der Waals surface area contributed by atoms with Crippen LogP contribution in [-0.4, -0.2) is 38.0 Å². The fourth-order valence-electron chi connectivity index (χ4n) is 2.10. The second-order valence-corrected chi connectivity index (χ2v) is 5.89. The standard InChI is InChI=1S/C15H21FN2O3/c1-15(2,3)21-14(19)17-12-10-11(16)4-5-13(12)18-6-8-20-9-7-18/h4-5,10H,6-9H2,1-3H3,(H,17,19). The molecule has 1 aromatic rings. The van der Waals surface area contributed by atoms with E-state index in [1.807, 2.05) is 0 Å². The smallest absolute Gasteiger partial charge is 0.412 e. The third-order valence-electron chi connectivity index (χ3n) is 2.95. The zero-order chi connectivity index (χ0) is 15.5. The predicted octanol–water partition coefficient (Wildman–Crippen LogP) is 3.01. The third-order valence-corrected chi connectivity index (χ3v) is 2.95. The summed E-state index contributed by atoms with van der Waals surface area (Å²) in [6, 6.07) is 4.34. The molecule has 116 valence electrons. The molecule has 1 amide bonds. The van der Waals surface area contributed by atoms with Crippen LogP contribution in [0, 0.1) is 5.82 Å². The van der Waals surface area contributed by atoms with Crippen molar-refractivity contribution < 1.29 is 18.7 Å². The number of hydrogen-bond acceptors (Lipinski definition) is 4. The monoisotopic (exact) mass is 296 g/mol. The van der Waals surface area contributed by atoms with Crippen molar-refractivity contribution in [3.8, 4) is 0 Å². The van der Waals surface area contributed by atoms with Gasteiger partial charge >= 0.3 is 6.09 Å². The molecule has 1 aliphatic heterocycles. The molecule has 0 spiro atoms. The zero-order valence-corrected chi connectivity index (χ0v) is 12.6. The van der Waals surface area contributed by atoms with Gasteiger partial charge in [0.15, 0.2) is 0 Å². The van der Waals surface area contributed by atoms with E-state index >= 15 is 0 Å². The summed E-state index contributed by atoms with van der Waals surface area (Å²) >= 11 is 0. The van der Waals surface area contributed by atoms with Crippen molar-refractivity contribution >= 4 is 17.5 Å². The Morgan fingerprint density at radius 3 is 2.62 bits per heavy atom. The number of rotatable bonds is 2. The molecule has 1 aromatic carbocycles. The molecule has 0 aliphatic carbocycles. The van der Waals surface area contributed by atoms with Crippen LogP contribution in [-0.2, 0) is 9.47 Å². The number of halogens is 1. The van der Waals surface area contributed by atoms with E-state index in [-0.39, 0.29) is 0 Å². The lowest BCUT2D eigenvalue weighted by molar-refractivity contribution is 0.0636. The topological polar surface area (TPSA) is 50.8 Å². The number of hydrogen-bond donors (Lipinski definition) is 1. The molecule has 0 unspecified atom stereocenters. The molecule has 1 fully saturated rings. The maximum atomic E-state index is 13.5. The Hall–Kier alpha value is -1.82. The van der Waals surface area contributed by atoms with E-state index in [0.29, 0.717) is 32.0 Å². The summed E-state index contributed by atoms with van der Waals surface area (Å²) in [4.78, 5) is 13.9. The lowest BCUT2D eigenvalue weighted by Gasteiger charge is -2.30. The van der Waals surface area contributed by atoms with Gasteiger partial charge in [-0.2, -0.15) is 0 Å². The SMILES string of the molecule is CC(C)(C)OC(=O)Nc1cc(F)ccc1N1CCOCC1. The van der Waals surface area contributed by atoms with E-state index in [0.717, 1.165) is 5.69 Å². The van der Waals surface area contributed by atoms with Gasteiger partial charge in [0, 0.05) is 13.1 Å². The lowest BCUT2D eigenvalue weighted by atomic mass is 10.2. The largest absolute Gasteiger partial charge is 0.444 e. The highest BCUT2D eigenvalue weighted by Crippen LogP contribution is 2.28. The first-order valence-electron chi connectivity index (χ1n) is 6.97. The summed E-state index contributed by atoms with van der Waals surface area (Å²) in [6.45, 7) is 7.97. The summed E-state index contributed by atoms with van der Waals surface area (Å²) in [5.74, 6) is -0.405. The van der Waals surface area contributed by atoms with Crippen LogP contribution in [0.2, 0.25) is 0 Å². The van der Waals surface area contributed by atoms with Crippen LogP contribution < -0.4 is 10.2 Å². The average molecular weight is 296 g/mol. The van der Waals surface area contributed by atoms with E-state index in [9.17, 15) is 9.18 Å². The minimum absolute atomic E-state index is 0.405. The number of morpholine rings is 1. The second-order valence-electron chi connectivity index (χ2n) is 5.89. The van der Waals surface area contributed by atoms with Crippen LogP contribution >= 0.6 is 0 Å². The molecule has 1 aliphatic rings. The van der Waals surface area contributed by atoms with Crippen LogP contribution in [0.3, 0.4) is 0 Å². The maximum Gasteiger partial charge on any atom is 0.412 e. The molecule has 6 heteroatoms. The van der Waals surface area contributed by atoms with Crippen molar-refractivity contribution in [1.29, 1.82) is 0 Å². The molecule has 0 atom stereocenters. The number of carbonyl (C=O) groups excluding carboxylic acids is 1. The average Bonchev–Trinajstić information content (AvgIpc) is 2.37. The van der Waals surface area contributed by atoms with E-state index in [1.165, 1.54) is 12.1 Å². The summed E-state index contributed by atoms with van der Waals surface area (Å²) < 4.78 is 24.0. The van der Waals surface area contributed by atoms with Gasteiger partial charge in [0.2, 0.25) is 0 Å². The number of ether oxygens (including phenoxy) is 2. The Balaban J connectivity index is 2.17. The third kappa shape index (κ3) is 4.60. The van der Waals surface area contributed by atoms with Crippen LogP contribution in [0.1, 0.15) is 20.8 Å². The summed E-state index contributed by atoms with van der Waals surface area (Å²) in [7, 11) is 0. The van der Waals surface area contributed by atoms with Gasteiger partial charge in [-0.1, -0.05) is 0 Å². The maximum absolute atomic E-state index is 13.5. The number of carbonyl (C=O) groups is 1. The van der Waals surface area contributed by atoms with Gasteiger partial charge in [0.05, 0.1) is 24.6 Å². The summed E-state index contributed by atoms with van der Waals surface area (Å²) in [6.07, 6.45) is -0.595. The normalized spacial score (nSPS) is 15.7. The van der Waals surface area contributed by atoms with Crippen molar-refractivity contribution in [2.45, 2.75) is 26.4 Å². The first-order valence-corrected chi connectivity index (χ1v) is 6.97. The van der Waals surface area contributed by atoms with Crippen molar-refractivity contribution in [2.24, 2.45) is 0 Å². The van der Waals surface area contributed by atoms with Gasteiger partial charge < -0.3 is 14.4 Å². The Bertz CT molecular complexity index is 508. The highest BCUT2D eigenvalue weighted by Gasteiger charge is 2.20. The highest BCUT2D eigenvalue weighted by atomic mass is 19.1. The molecule has 0 bridgehead atoms. The quantitative estimate of drug-likeness (QED) is 0.911. The molecule has 1 heterocycles. The van der Waals surface area contributed by atoms with Gasteiger partial charge in [-0.25, -0.2) is 9.18 Å².